The normalized spacial score (nSPS) is 11.0. The molecule has 11 heteroatoms. The van der Waals surface area contributed by atoms with E-state index in [2.05, 4.69) is 25.4 Å². The van der Waals surface area contributed by atoms with Gasteiger partial charge in [0.05, 0.1) is 22.8 Å². The van der Waals surface area contributed by atoms with Crippen molar-refractivity contribution in [2.24, 2.45) is 7.05 Å². The third-order valence-corrected chi connectivity index (χ3v) is 6.34. The third-order valence-electron chi connectivity index (χ3n) is 6.34. The van der Waals surface area contributed by atoms with Gasteiger partial charge in [0, 0.05) is 60.9 Å². The van der Waals surface area contributed by atoms with Crippen LogP contribution in [-0.4, -0.2) is 30.6 Å². The summed E-state index contributed by atoms with van der Waals surface area (Å²) in [7, 11) is 1.81. The van der Waals surface area contributed by atoms with Crippen LogP contribution in [0.3, 0.4) is 0 Å². The first-order valence-corrected chi connectivity index (χ1v) is 12.4. The number of nitrogens with one attached hydrogen (secondary N) is 2. The molecule has 41 heavy (non-hydrogen) atoms. The fourth-order valence-corrected chi connectivity index (χ4v) is 4.29. The maximum absolute atomic E-state index is 15.1. The Morgan fingerprint density at radius 3 is 2.54 bits per heavy atom. The molecule has 2 aromatic carbocycles. The smallest absolute Gasteiger partial charge is 0.261 e. The first kappa shape index (κ1) is 25.6. The average Bonchev–Trinajstić information content (AvgIpc) is 3.41. The number of nitrogens with zero attached hydrogens (tertiary/aromatic N) is 4. The van der Waals surface area contributed by atoms with Crippen molar-refractivity contribution in [2.75, 3.05) is 5.32 Å². The molecule has 0 saturated carbocycles. The fourth-order valence-electron chi connectivity index (χ4n) is 4.29. The molecule has 0 aliphatic rings. The highest BCUT2D eigenvalue weighted by Gasteiger charge is 2.17. The number of carbonyl (C=O) groups excluding carboxylic acids is 1. The second-order valence-corrected chi connectivity index (χ2v) is 9.12. The number of aromatic nitrogens is 5. The quantitative estimate of drug-likeness (QED) is 0.275. The van der Waals surface area contributed by atoms with Crippen molar-refractivity contribution in [3.05, 3.63) is 119 Å². The molecule has 0 spiro atoms. The largest absolute Gasteiger partial charge is 0.453 e. The van der Waals surface area contributed by atoms with Crippen LogP contribution in [0, 0.1) is 11.6 Å². The van der Waals surface area contributed by atoms with Crippen LogP contribution in [0.5, 0.6) is 11.5 Å². The number of hydrogen-bond donors (Lipinski definition) is 2. The van der Waals surface area contributed by atoms with E-state index in [-0.39, 0.29) is 22.6 Å². The molecule has 0 saturated heterocycles. The number of ether oxygens (including phenoxy) is 1. The molecule has 9 nitrogen and oxygen atoms in total. The maximum atomic E-state index is 15.1. The van der Waals surface area contributed by atoms with Gasteiger partial charge in [-0.15, -0.1) is 0 Å². The summed E-state index contributed by atoms with van der Waals surface area (Å²) in [5, 5.41) is 7.27. The molecule has 202 valence electrons. The van der Waals surface area contributed by atoms with Crippen LogP contribution >= 0.6 is 0 Å². The molecular weight excluding hydrogens is 530 g/mol. The highest BCUT2D eigenvalue weighted by atomic mass is 19.1. The summed E-state index contributed by atoms with van der Waals surface area (Å²) in [4.78, 5) is 37.4. The number of anilines is 1. The van der Waals surface area contributed by atoms with Crippen LogP contribution in [0.2, 0.25) is 0 Å². The van der Waals surface area contributed by atoms with Crippen LogP contribution < -0.4 is 15.5 Å². The molecule has 0 atom stereocenters. The number of amides is 1. The Bertz CT molecular complexity index is 1990. The number of rotatable bonds is 6. The van der Waals surface area contributed by atoms with Crippen LogP contribution in [0.1, 0.15) is 10.4 Å². The average molecular weight is 551 g/mol. The fraction of sp³-hybridized carbons (Fsp3) is 0.0333. The van der Waals surface area contributed by atoms with Gasteiger partial charge < -0.3 is 15.0 Å². The highest BCUT2D eigenvalue weighted by molar-refractivity contribution is 6.04. The van der Waals surface area contributed by atoms with Crippen molar-refractivity contribution in [3.8, 4) is 33.9 Å². The summed E-state index contributed by atoms with van der Waals surface area (Å²) in [6.07, 6.45) is 9.36. The van der Waals surface area contributed by atoms with Crippen molar-refractivity contribution in [3.63, 3.8) is 0 Å². The van der Waals surface area contributed by atoms with Crippen molar-refractivity contribution < 1.29 is 18.3 Å². The molecule has 6 aromatic rings. The van der Waals surface area contributed by atoms with Crippen molar-refractivity contribution >= 4 is 22.5 Å². The minimum absolute atomic E-state index is 0.0806. The van der Waals surface area contributed by atoms with Crippen molar-refractivity contribution in [1.29, 1.82) is 0 Å². The van der Waals surface area contributed by atoms with Gasteiger partial charge in [-0.3, -0.25) is 24.2 Å². The molecule has 4 aromatic heterocycles. The van der Waals surface area contributed by atoms with Gasteiger partial charge in [0.15, 0.2) is 11.6 Å². The molecular formula is C30H20F2N6O3. The molecule has 0 bridgehead atoms. The van der Waals surface area contributed by atoms with E-state index in [1.165, 1.54) is 48.8 Å². The van der Waals surface area contributed by atoms with Gasteiger partial charge in [0.25, 0.3) is 5.91 Å². The predicted octanol–water partition coefficient (Wildman–Crippen LogP) is 5.71. The summed E-state index contributed by atoms with van der Waals surface area (Å²) in [5.41, 5.74) is 2.13. The Hall–Kier alpha value is -5.71. The number of H-pyrrole nitrogens is 1. The summed E-state index contributed by atoms with van der Waals surface area (Å²) in [6, 6.07) is 12.6. The number of aromatic amines is 1. The monoisotopic (exact) mass is 550 g/mol. The minimum atomic E-state index is -0.737. The summed E-state index contributed by atoms with van der Waals surface area (Å²) >= 11 is 0. The zero-order valence-corrected chi connectivity index (χ0v) is 21.4. The van der Waals surface area contributed by atoms with E-state index in [9.17, 15) is 14.0 Å². The van der Waals surface area contributed by atoms with E-state index < -0.39 is 23.0 Å². The molecule has 0 unspecified atom stereocenters. The van der Waals surface area contributed by atoms with Crippen molar-refractivity contribution in [2.45, 2.75) is 0 Å². The number of pyridine rings is 3. The lowest BCUT2D eigenvalue weighted by Crippen LogP contribution is -2.22. The summed E-state index contributed by atoms with van der Waals surface area (Å²) in [5.74, 6) is -1.65. The second kappa shape index (κ2) is 10.5. The third kappa shape index (κ3) is 5.15. The summed E-state index contributed by atoms with van der Waals surface area (Å²) in [6.45, 7) is 0. The van der Waals surface area contributed by atoms with E-state index in [0.29, 0.717) is 27.9 Å². The topological polar surface area (TPSA) is 115 Å². The Morgan fingerprint density at radius 1 is 0.951 bits per heavy atom. The van der Waals surface area contributed by atoms with Crippen LogP contribution in [-0.2, 0) is 7.05 Å². The number of carbonyl (C=O) groups is 1. The molecule has 1 amide bonds. The maximum Gasteiger partial charge on any atom is 0.261 e. The zero-order valence-electron chi connectivity index (χ0n) is 21.4. The molecule has 4 heterocycles. The van der Waals surface area contributed by atoms with Gasteiger partial charge >= 0.3 is 0 Å². The van der Waals surface area contributed by atoms with E-state index in [1.807, 2.05) is 13.2 Å². The van der Waals surface area contributed by atoms with Crippen LogP contribution in [0.15, 0.2) is 96.6 Å². The molecule has 6 rings (SSSR count). The molecule has 2 N–H and O–H groups in total. The van der Waals surface area contributed by atoms with Crippen molar-refractivity contribution in [1.82, 2.24) is 24.7 Å². The molecule has 0 radical (unpaired) electrons. The minimum Gasteiger partial charge on any atom is -0.453 e. The first-order valence-electron chi connectivity index (χ1n) is 12.4. The van der Waals surface area contributed by atoms with Gasteiger partial charge in [-0.25, -0.2) is 8.78 Å². The standard InChI is InChI=1S/C30H20F2N6O3/c1-38-16-18(12-36-38)25-11-26-22(15-35-25)27(8-9-34-26)41-28-7-6-20(10-24(28)32)37-30(40)23-14-33-13-21(29(23)39)17-2-4-19(31)5-3-17/h2-16H,1H3,(H,33,39)(H,37,40). The number of aryl methyl sites for hydroxylation is 1. The van der Waals surface area contributed by atoms with E-state index in [0.717, 1.165) is 11.6 Å². The van der Waals surface area contributed by atoms with E-state index in [1.54, 1.807) is 35.4 Å². The summed E-state index contributed by atoms with van der Waals surface area (Å²) < 4.78 is 35.9. The van der Waals surface area contributed by atoms with Gasteiger partial charge in [0.1, 0.15) is 17.1 Å². The van der Waals surface area contributed by atoms with E-state index in [4.69, 9.17) is 4.74 Å². The lowest BCUT2D eigenvalue weighted by atomic mass is 10.0. The molecule has 0 aliphatic carbocycles. The Balaban J connectivity index is 1.22. The number of benzene rings is 2. The Kier molecular flexibility index (Phi) is 6.52. The molecule has 0 aliphatic heterocycles. The van der Waals surface area contributed by atoms with Gasteiger partial charge in [-0.05, 0) is 42.0 Å². The van der Waals surface area contributed by atoms with Crippen LogP contribution in [0.4, 0.5) is 14.5 Å². The lowest BCUT2D eigenvalue weighted by molar-refractivity contribution is 0.102. The number of hydrogen-bond acceptors (Lipinski definition) is 6. The van der Waals surface area contributed by atoms with Gasteiger partial charge in [-0.2, -0.15) is 5.10 Å². The number of halogens is 2. The second-order valence-electron chi connectivity index (χ2n) is 9.12. The van der Waals surface area contributed by atoms with Gasteiger partial charge in [0.2, 0.25) is 5.43 Å². The Morgan fingerprint density at radius 2 is 1.78 bits per heavy atom. The highest BCUT2D eigenvalue weighted by Crippen LogP contribution is 2.32. The first-order chi connectivity index (χ1) is 19.9. The molecule has 0 fully saturated rings. The van der Waals surface area contributed by atoms with Crippen LogP contribution in [0.25, 0.3) is 33.3 Å². The zero-order chi connectivity index (χ0) is 28.5. The lowest BCUT2D eigenvalue weighted by Gasteiger charge is -2.11. The predicted molar refractivity (Wildman–Crippen MR) is 149 cm³/mol. The van der Waals surface area contributed by atoms with E-state index >= 15 is 4.39 Å². The Labute approximate surface area is 231 Å². The number of fused-ring (bicyclic) bond motifs is 1. The van der Waals surface area contributed by atoms with Gasteiger partial charge in [-0.1, -0.05) is 12.1 Å². The SMILES string of the molecule is Cn1cc(-c2cc3nccc(Oc4ccc(NC(=O)c5c[nH]cc(-c6ccc(F)cc6)c5=O)cc4F)c3cn2)cn1.